The van der Waals surface area contributed by atoms with E-state index in [0.717, 1.165) is 10.0 Å². The minimum absolute atomic E-state index is 0.00843. The Bertz CT molecular complexity index is 490. The number of piperidine rings is 1. The molecule has 6 heteroatoms. The van der Waals surface area contributed by atoms with Crippen LogP contribution in [0.5, 0.6) is 5.75 Å². The van der Waals surface area contributed by atoms with Crippen LogP contribution in [0, 0.1) is 12.8 Å². The zero-order chi connectivity index (χ0) is 14.9. The second-order valence-electron chi connectivity index (χ2n) is 5.35. The van der Waals surface area contributed by atoms with Crippen LogP contribution in [0.15, 0.2) is 16.6 Å². The van der Waals surface area contributed by atoms with E-state index in [-0.39, 0.29) is 18.7 Å². The first-order valence-electron chi connectivity index (χ1n) is 6.54. The van der Waals surface area contributed by atoms with Gasteiger partial charge in [-0.25, -0.2) is 0 Å². The van der Waals surface area contributed by atoms with E-state index < -0.39 is 12.1 Å². The molecule has 20 heavy (non-hydrogen) atoms. The van der Waals surface area contributed by atoms with Gasteiger partial charge in [-0.05, 0) is 44.0 Å². The molecule has 0 aromatic heterocycles. The average molecular weight is 352 g/mol. The topological polar surface area (TPSA) is 23.5 Å². The van der Waals surface area contributed by atoms with E-state index >= 15 is 0 Å². The molecule has 1 saturated heterocycles. The van der Waals surface area contributed by atoms with Crippen molar-refractivity contribution in [1.82, 2.24) is 4.90 Å². The summed E-state index contributed by atoms with van der Waals surface area (Å²) in [5.74, 6) is -1.09. The maximum Gasteiger partial charge on any atom is 0.393 e. The van der Waals surface area contributed by atoms with Crippen LogP contribution in [0.1, 0.15) is 24.0 Å². The second kappa shape index (κ2) is 5.93. The number of phenols is 1. The molecule has 0 spiro atoms. The summed E-state index contributed by atoms with van der Waals surface area (Å²) in [7, 11) is 0. The summed E-state index contributed by atoms with van der Waals surface area (Å²) < 4.78 is 39.2. The van der Waals surface area contributed by atoms with Crippen LogP contribution in [0.4, 0.5) is 13.2 Å². The molecule has 1 aliphatic heterocycles. The van der Waals surface area contributed by atoms with Gasteiger partial charge in [-0.2, -0.15) is 13.2 Å². The fraction of sp³-hybridized carbons (Fsp3) is 0.571. The zero-order valence-corrected chi connectivity index (χ0v) is 12.8. The van der Waals surface area contributed by atoms with Gasteiger partial charge in [0.05, 0.1) is 5.92 Å². The number of phenolic OH excluding ortho intramolecular Hbond substituents is 1. The molecular weight excluding hydrogens is 335 g/mol. The predicted molar refractivity (Wildman–Crippen MR) is 74.6 cm³/mol. The van der Waals surface area contributed by atoms with Gasteiger partial charge in [-0.3, -0.25) is 4.90 Å². The predicted octanol–water partition coefficient (Wildman–Crippen LogP) is 4.24. The molecule has 0 radical (unpaired) electrons. The molecule has 0 aliphatic carbocycles. The highest BCUT2D eigenvalue weighted by molar-refractivity contribution is 9.10. The summed E-state index contributed by atoms with van der Waals surface area (Å²) in [6, 6.07) is 3.55. The third-order valence-electron chi connectivity index (χ3n) is 3.71. The van der Waals surface area contributed by atoms with E-state index in [9.17, 15) is 18.3 Å². The second-order valence-corrected chi connectivity index (χ2v) is 6.26. The maximum atomic E-state index is 12.8. The molecule has 1 heterocycles. The Kier molecular flexibility index (Phi) is 4.64. The molecule has 0 saturated carbocycles. The van der Waals surface area contributed by atoms with Gasteiger partial charge < -0.3 is 5.11 Å². The number of benzene rings is 1. The zero-order valence-electron chi connectivity index (χ0n) is 11.2. The first-order chi connectivity index (χ1) is 9.27. The maximum absolute atomic E-state index is 12.8. The number of nitrogens with zero attached hydrogens (tertiary/aromatic N) is 1. The van der Waals surface area contributed by atoms with Crippen LogP contribution in [0.25, 0.3) is 0 Å². The van der Waals surface area contributed by atoms with Crippen molar-refractivity contribution >= 4 is 15.9 Å². The smallest absolute Gasteiger partial charge is 0.393 e. The molecule has 1 aromatic carbocycles. The first-order valence-corrected chi connectivity index (χ1v) is 7.33. The van der Waals surface area contributed by atoms with E-state index in [2.05, 4.69) is 15.9 Å². The van der Waals surface area contributed by atoms with E-state index in [0.29, 0.717) is 25.1 Å². The lowest BCUT2D eigenvalue weighted by Crippen LogP contribution is -2.41. The van der Waals surface area contributed by atoms with Gasteiger partial charge in [-0.1, -0.05) is 15.9 Å². The van der Waals surface area contributed by atoms with Crippen LogP contribution in [-0.4, -0.2) is 29.3 Å². The van der Waals surface area contributed by atoms with Crippen molar-refractivity contribution in [2.45, 2.75) is 32.5 Å². The lowest BCUT2D eigenvalue weighted by atomic mass is 9.97. The summed E-state index contributed by atoms with van der Waals surface area (Å²) in [6.45, 7) is 2.77. The number of aryl methyl sites for hydroxylation is 1. The Labute approximate surface area is 124 Å². The van der Waals surface area contributed by atoms with Gasteiger partial charge in [0.1, 0.15) is 5.75 Å². The fourth-order valence-electron chi connectivity index (χ4n) is 2.63. The Hall–Kier alpha value is -0.750. The number of likely N-dealkylation sites (tertiary alicyclic amines) is 1. The standard InChI is InChI=1S/C14H17BrF3NO/c1-9-5-12(15)6-10(13(9)20)7-19-4-2-3-11(8-19)14(16,17)18/h5-6,11,20H,2-4,7-8H2,1H3. The molecule has 2 rings (SSSR count). The molecule has 1 aromatic rings. The van der Waals surface area contributed by atoms with Gasteiger partial charge in [-0.15, -0.1) is 0 Å². The van der Waals surface area contributed by atoms with Crippen molar-refractivity contribution in [3.8, 4) is 5.75 Å². The molecule has 1 unspecified atom stereocenters. The molecule has 112 valence electrons. The molecule has 1 aliphatic rings. The van der Waals surface area contributed by atoms with E-state index in [4.69, 9.17) is 0 Å². The lowest BCUT2D eigenvalue weighted by Gasteiger charge is -2.33. The Morgan fingerprint density at radius 1 is 1.40 bits per heavy atom. The van der Waals surface area contributed by atoms with Crippen molar-refractivity contribution in [3.05, 3.63) is 27.7 Å². The molecule has 0 bridgehead atoms. The largest absolute Gasteiger partial charge is 0.507 e. The number of hydrogen-bond donors (Lipinski definition) is 1. The number of aromatic hydroxyl groups is 1. The molecule has 2 nitrogen and oxygen atoms in total. The Morgan fingerprint density at radius 3 is 2.75 bits per heavy atom. The monoisotopic (exact) mass is 351 g/mol. The van der Waals surface area contributed by atoms with Crippen molar-refractivity contribution < 1.29 is 18.3 Å². The summed E-state index contributed by atoms with van der Waals surface area (Å²) in [5, 5.41) is 10.0. The van der Waals surface area contributed by atoms with Crippen LogP contribution in [-0.2, 0) is 6.54 Å². The third-order valence-corrected chi connectivity index (χ3v) is 4.16. The summed E-state index contributed by atoms with van der Waals surface area (Å²) in [5.41, 5.74) is 1.39. The number of halogens is 4. The minimum Gasteiger partial charge on any atom is -0.507 e. The van der Waals surface area contributed by atoms with Crippen molar-refractivity contribution in [3.63, 3.8) is 0 Å². The van der Waals surface area contributed by atoms with Crippen LogP contribution in [0.3, 0.4) is 0 Å². The van der Waals surface area contributed by atoms with Crippen molar-refractivity contribution in [2.75, 3.05) is 13.1 Å². The number of alkyl halides is 3. The highest BCUT2D eigenvalue weighted by atomic mass is 79.9. The quantitative estimate of drug-likeness (QED) is 0.861. The molecule has 1 atom stereocenters. The third kappa shape index (κ3) is 3.67. The SMILES string of the molecule is Cc1cc(Br)cc(CN2CCCC(C(F)(F)F)C2)c1O. The fourth-order valence-corrected chi connectivity index (χ4v) is 3.25. The van der Waals surface area contributed by atoms with Crippen LogP contribution in [0.2, 0.25) is 0 Å². The van der Waals surface area contributed by atoms with Crippen LogP contribution >= 0.6 is 15.9 Å². The Balaban J connectivity index is 2.10. The van der Waals surface area contributed by atoms with Gasteiger partial charge in [0.2, 0.25) is 0 Å². The molecular formula is C14H17BrF3NO. The number of rotatable bonds is 2. The summed E-state index contributed by atoms with van der Waals surface area (Å²) in [4.78, 5) is 1.77. The Morgan fingerprint density at radius 2 is 2.10 bits per heavy atom. The first kappa shape index (κ1) is 15.6. The number of hydrogen-bond acceptors (Lipinski definition) is 2. The summed E-state index contributed by atoms with van der Waals surface area (Å²) in [6.07, 6.45) is -3.39. The lowest BCUT2D eigenvalue weighted by molar-refractivity contribution is -0.187. The summed E-state index contributed by atoms with van der Waals surface area (Å²) >= 11 is 3.35. The average Bonchev–Trinajstić information content (AvgIpc) is 2.35. The van der Waals surface area contributed by atoms with E-state index in [1.54, 1.807) is 24.0 Å². The molecule has 1 fully saturated rings. The van der Waals surface area contributed by atoms with Gasteiger partial charge in [0.25, 0.3) is 0 Å². The van der Waals surface area contributed by atoms with E-state index in [1.807, 2.05) is 0 Å². The minimum atomic E-state index is -4.13. The van der Waals surface area contributed by atoms with Crippen LogP contribution < -0.4 is 0 Å². The van der Waals surface area contributed by atoms with Gasteiger partial charge >= 0.3 is 6.18 Å². The van der Waals surface area contributed by atoms with Gasteiger partial charge in [0, 0.05) is 23.1 Å². The normalized spacial score (nSPS) is 21.1. The molecule has 1 N–H and O–H groups in total. The highest BCUT2D eigenvalue weighted by Gasteiger charge is 2.41. The highest BCUT2D eigenvalue weighted by Crippen LogP contribution is 2.34. The van der Waals surface area contributed by atoms with Crippen molar-refractivity contribution in [2.24, 2.45) is 5.92 Å². The van der Waals surface area contributed by atoms with E-state index in [1.165, 1.54) is 0 Å². The van der Waals surface area contributed by atoms with Gasteiger partial charge in [0.15, 0.2) is 0 Å². The molecule has 0 amide bonds. The van der Waals surface area contributed by atoms with Crippen molar-refractivity contribution in [1.29, 1.82) is 0 Å².